The lowest BCUT2D eigenvalue weighted by Crippen LogP contribution is -2.11. The summed E-state index contributed by atoms with van der Waals surface area (Å²) in [6, 6.07) is 0. The molecule has 0 aliphatic heterocycles. The first-order valence-corrected chi connectivity index (χ1v) is 8.32. The maximum absolute atomic E-state index is 12.1. The molecule has 0 saturated carbocycles. The van der Waals surface area contributed by atoms with Crippen LogP contribution < -0.4 is 0 Å². The van der Waals surface area contributed by atoms with Gasteiger partial charge in [0.05, 0.1) is 13.2 Å². The molecule has 0 unspecified atom stereocenters. The van der Waals surface area contributed by atoms with Crippen LogP contribution in [0, 0.1) is 0 Å². The Morgan fingerprint density at radius 1 is 1.15 bits per heavy atom. The van der Waals surface area contributed by atoms with Gasteiger partial charge in [0, 0.05) is 5.41 Å². The first kappa shape index (κ1) is 17.3. The summed E-state index contributed by atoms with van der Waals surface area (Å²) in [5, 5.41) is 7.83. The molecule has 0 aliphatic rings. The highest BCUT2D eigenvalue weighted by Gasteiger charge is 2.25. The van der Waals surface area contributed by atoms with Gasteiger partial charge >= 0.3 is 7.60 Å². The maximum atomic E-state index is 12.1. The average molecular weight is 306 g/mol. The Morgan fingerprint density at radius 2 is 1.75 bits per heavy atom. The van der Waals surface area contributed by atoms with Crippen molar-refractivity contribution in [2.45, 2.75) is 46.6 Å². The van der Waals surface area contributed by atoms with E-state index in [0.717, 1.165) is 0 Å². The van der Waals surface area contributed by atoms with Gasteiger partial charge in [-0.2, -0.15) is 0 Å². The largest absolute Gasteiger partial charge is 0.422 e. The second-order valence-corrected chi connectivity index (χ2v) is 7.17. The Balaban J connectivity index is 2.51. The van der Waals surface area contributed by atoms with E-state index in [1.807, 2.05) is 20.8 Å². The molecule has 7 nitrogen and oxygen atoms in total. The van der Waals surface area contributed by atoms with Crippen molar-refractivity contribution in [1.29, 1.82) is 0 Å². The van der Waals surface area contributed by atoms with E-state index < -0.39 is 7.60 Å². The molecule has 0 fully saturated rings. The van der Waals surface area contributed by atoms with E-state index in [-0.39, 0.29) is 18.4 Å². The second kappa shape index (κ2) is 7.31. The Kier molecular flexibility index (Phi) is 6.33. The van der Waals surface area contributed by atoms with Crippen molar-refractivity contribution in [2.24, 2.45) is 0 Å². The van der Waals surface area contributed by atoms with Gasteiger partial charge in [-0.05, 0) is 13.8 Å². The fourth-order valence-corrected chi connectivity index (χ4v) is 2.69. The van der Waals surface area contributed by atoms with Crippen LogP contribution in [0.4, 0.5) is 0 Å². The average Bonchev–Trinajstić information content (AvgIpc) is 2.78. The lowest BCUT2D eigenvalue weighted by atomic mass is 9.97. The van der Waals surface area contributed by atoms with Crippen LogP contribution in [0.1, 0.15) is 46.4 Å². The molecule has 20 heavy (non-hydrogen) atoms. The highest BCUT2D eigenvalue weighted by molar-refractivity contribution is 7.53. The molecular weight excluding hydrogens is 283 g/mol. The van der Waals surface area contributed by atoms with Gasteiger partial charge in [0.15, 0.2) is 0 Å². The molecule has 1 aromatic heterocycles. The number of aromatic nitrogens is 2. The molecule has 0 atom stereocenters. The minimum atomic E-state index is -3.19. The number of hydrogen-bond donors (Lipinski definition) is 0. The zero-order chi connectivity index (χ0) is 15.2. The fraction of sp³-hybridized carbons (Fsp3) is 0.833. The first-order chi connectivity index (χ1) is 9.30. The maximum Gasteiger partial charge on any atom is 0.356 e. The zero-order valence-electron chi connectivity index (χ0n) is 12.7. The summed E-state index contributed by atoms with van der Waals surface area (Å²) in [5.41, 5.74) is -0.211. The van der Waals surface area contributed by atoms with Gasteiger partial charge in [-0.3, -0.25) is 4.57 Å². The van der Waals surface area contributed by atoms with Gasteiger partial charge in [0.25, 0.3) is 0 Å². The topological polar surface area (TPSA) is 83.7 Å². The van der Waals surface area contributed by atoms with Crippen molar-refractivity contribution in [3.8, 4) is 0 Å². The summed E-state index contributed by atoms with van der Waals surface area (Å²) in [6.45, 7) is 10.1. The van der Waals surface area contributed by atoms with E-state index in [2.05, 4.69) is 10.2 Å². The third-order valence-corrected chi connectivity index (χ3v) is 4.04. The molecule has 0 radical (unpaired) electrons. The Morgan fingerprint density at radius 3 is 2.20 bits per heavy atom. The number of ether oxygens (including phenoxy) is 1. The Bertz CT molecular complexity index is 445. The van der Waals surface area contributed by atoms with Crippen LogP contribution in [0.25, 0.3) is 0 Å². The van der Waals surface area contributed by atoms with Gasteiger partial charge in [-0.1, -0.05) is 20.8 Å². The number of nitrogens with zero attached hydrogens (tertiary/aromatic N) is 2. The van der Waals surface area contributed by atoms with Crippen molar-refractivity contribution < 1.29 is 22.8 Å². The van der Waals surface area contributed by atoms with Crippen molar-refractivity contribution in [2.75, 3.05) is 19.6 Å². The summed E-state index contributed by atoms with van der Waals surface area (Å²) in [7, 11) is -3.19. The summed E-state index contributed by atoms with van der Waals surface area (Å²) in [6.07, 6.45) is -0.137. The van der Waals surface area contributed by atoms with Crippen molar-refractivity contribution in [3.63, 3.8) is 0 Å². The first-order valence-electron chi connectivity index (χ1n) is 6.59. The minimum Gasteiger partial charge on any atom is -0.422 e. The normalized spacial score (nSPS) is 12.8. The quantitative estimate of drug-likeness (QED) is 0.682. The van der Waals surface area contributed by atoms with Gasteiger partial charge in [-0.25, -0.2) is 0 Å². The van der Waals surface area contributed by atoms with Gasteiger partial charge in [0.2, 0.25) is 11.8 Å². The molecule has 8 heteroatoms. The monoisotopic (exact) mass is 306 g/mol. The molecule has 0 spiro atoms. The molecule has 0 saturated heterocycles. The molecule has 0 aliphatic carbocycles. The predicted molar refractivity (Wildman–Crippen MR) is 73.5 cm³/mol. The van der Waals surface area contributed by atoms with E-state index in [1.165, 1.54) is 0 Å². The van der Waals surface area contributed by atoms with E-state index in [9.17, 15) is 4.57 Å². The summed E-state index contributed by atoms with van der Waals surface area (Å²) in [4.78, 5) is 0. The minimum absolute atomic E-state index is 0.0766. The lowest BCUT2D eigenvalue weighted by Gasteiger charge is -2.16. The third kappa shape index (κ3) is 5.32. The van der Waals surface area contributed by atoms with Gasteiger partial charge < -0.3 is 18.2 Å². The molecular formula is C12H23N2O5P. The third-order valence-electron chi connectivity index (χ3n) is 2.23. The fourth-order valence-electron chi connectivity index (χ4n) is 1.36. The molecule has 1 rings (SSSR count). The van der Waals surface area contributed by atoms with Gasteiger partial charge in [-0.15, -0.1) is 10.2 Å². The van der Waals surface area contributed by atoms with Crippen LogP contribution in [-0.2, 0) is 30.4 Å². The van der Waals surface area contributed by atoms with E-state index in [1.54, 1.807) is 13.8 Å². The molecule has 1 heterocycles. The smallest absolute Gasteiger partial charge is 0.356 e. The second-order valence-electron chi connectivity index (χ2n) is 5.17. The molecule has 1 aromatic rings. The number of rotatable bonds is 8. The van der Waals surface area contributed by atoms with E-state index in [0.29, 0.717) is 25.0 Å². The highest BCUT2D eigenvalue weighted by atomic mass is 31.2. The van der Waals surface area contributed by atoms with Crippen LogP contribution in [0.2, 0.25) is 0 Å². The van der Waals surface area contributed by atoms with Crippen LogP contribution >= 0.6 is 7.60 Å². The van der Waals surface area contributed by atoms with Gasteiger partial charge in [0.1, 0.15) is 13.0 Å². The zero-order valence-corrected chi connectivity index (χ0v) is 13.6. The molecule has 0 bridgehead atoms. The van der Waals surface area contributed by atoms with Crippen LogP contribution in [0.5, 0.6) is 0 Å². The molecule has 0 N–H and O–H groups in total. The standard InChI is InChI=1S/C12H23N2O5P/c1-6-17-20(15,18-7-2)9-16-8-10-13-14-11(19-10)12(3,4)5/h6-9H2,1-5H3. The van der Waals surface area contributed by atoms with Crippen LogP contribution in [0.3, 0.4) is 0 Å². The van der Waals surface area contributed by atoms with Crippen molar-refractivity contribution in [3.05, 3.63) is 11.8 Å². The molecule has 0 aromatic carbocycles. The molecule has 0 amide bonds. The Labute approximate surface area is 119 Å². The highest BCUT2D eigenvalue weighted by Crippen LogP contribution is 2.47. The predicted octanol–water partition coefficient (Wildman–Crippen LogP) is 3.11. The van der Waals surface area contributed by atoms with E-state index >= 15 is 0 Å². The van der Waals surface area contributed by atoms with Crippen LogP contribution in [0.15, 0.2) is 4.42 Å². The lowest BCUT2D eigenvalue weighted by molar-refractivity contribution is 0.107. The van der Waals surface area contributed by atoms with Crippen molar-refractivity contribution >= 4 is 7.60 Å². The SMILES string of the molecule is CCOP(=O)(COCc1nnc(C(C)(C)C)o1)OCC. The summed E-state index contributed by atoms with van der Waals surface area (Å²) < 4.78 is 33.1. The van der Waals surface area contributed by atoms with E-state index in [4.69, 9.17) is 18.2 Å². The number of hydrogen-bond acceptors (Lipinski definition) is 7. The van der Waals surface area contributed by atoms with Crippen LogP contribution in [-0.4, -0.2) is 29.8 Å². The summed E-state index contributed by atoms with van der Waals surface area (Å²) >= 11 is 0. The molecule has 116 valence electrons. The van der Waals surface area contributed by atoms with Crippen molar-refractivity contribution in [1.82, 2.24) is 10.2 Å². The Hall–Kier alpha value is -0.750. The summed E-state index contributed by atoms with van der Waals surface area (Å²) in [5.74, 6) is 0.878.